The molecule has 0 radical (unpaired) electrons. The van der Waals surface area contributed by atoms with Gasteiger partial charge in [-0.1, -0.05) is 90.4 Å². The van der Waals surface area contributed by atoms with Gasteiger partial charge in [0, 0.05) is 12.7 Å². The van der Waals surface area contributed by atoms with Crippen LogP contribution in [0.5, 0.6) is 0 Å². The number of nitrogens with zero attached hydrogens (tertiary/aromatic N) is 1. The Balaban J connectivity index is 3.34. The number of esters is 1. The maximum absolute atomic E-state index is 11.4. The van der Waals surface area contributed by atoms with E-state index >= 15 is 0 Å². The second-order valence-corrected chi connectivity index (χ2v) is 6.94. The summed E-state index contributed by atoms with van der Waals surface area (Å²) in [4.78, 5) is 11.4. The van der Waals surface area contributed by atoms with Gasteiger partial charge in [-0.2, -0.15) is 5.26 Å². The van der Waals surface area contributed by atoms with Crippen molar-refractivity contribution >= 4 is 5.97 Å². The topological polar surface area (TPSA) is 62.1 Å². The summed E-state index contributed by atoms with van der Waals surface area (Å²) in [5.74, 6) is -0.552. The smallest absolute Gasteiger partial charge is 0.350 e. The van der Waals surface area contributed by atoms with Gasteiger partial charge in [-0.3, -0.25) is 0 Å². The van der Waals surface area contributed by atoms with Crippen molar-refractivity contribution < 1.29 is 9.53 Å². The zero-order valence-corrected chi connectivity index (χ0v) is 17.2. The molecule has 0 aliphatic heterocycles. The van der Waals surface area contributed by atoms with Gasteiger partial charge in [-0.05, 0) is 13.3 Å². The average molecular weight is 365 g/mol. The fraction of sp³-hybridized carbons (Fsp3) is 0.818. The van der Waals surface area contributed by atoms with E-state index in [4.69, 9.17) is 10.00 Å². The summed E-state index contributed by atoms with van der Waals surface area (Å²) in [5.41, 5.74) is 0.0391. The highest BCUT2D eigenvalue weighted by Gasteiger charge is 2.08. The molecule has 0 saturated heterocycles. The van der Waals surface area contributed by atoms with E-state index in [2.05, 4.69) is 12.2 Å². The minimum absolute atomic E-state index is 0.0391. The van der Waals surface area contributed by atoms with Crippen LogP contribution in [0.2, 0.25) is 0 Å². The molecule has 0 aliphatic rings. The van der Waals surface area contributed by atoms with E-state index in [1.807, 2.05) is 6.07 Å². The number of hydrogen-bond acceptors (Lipinski definition) is 4. The summed E-state index contributed by atoms with van der Waals surface area (Å²) in [6.07, 6.45) is 20.3. The van der Waals surface area contributed by atoms with Crippen LogP contribution < -0.4 is 5.32 Å². The lowest BCUT2D eigenvalue weighted by Gasteiger charge is -2.04. The van der Waals surface area contributed by atoms with Crippen molar-refractivity contribution in [2.24, 2.45) is 0 Å². The molecule has 0 aromatic rings. The van der Waals surface area contributed by atoms with Crippen molar-refractivity contribution in [3.05, 3.63) is 11.8 Å². The first-order chi connectivity index (χ1) is 12.8. The number of carbonyl (C=O) groups excluding carboxylic acids is 1. The van der Waals surface area contributed by atoms with Crippen LogP contribution in [-0.2, 0) is 9.53 Å². The minimum Gasteiger partial charge on any atom is -0.462 e. The number of carbonyl (C=O) groups is 1. The maximum atomic E-state index is 11.4. The average Bonchev–Trinajstić information content (AvgIpc) is 2.64. The van der Waals surface area contributed by atoms with E-state index in [-0.39, 0.29) is 12.2 Å². The molecule has 0 aromatic heterocycles. The second-order valence-electron chi connectivity index (χ2n) is 6.94. The molecule has 0 unspecified atom stereocenters. The van der Waals surface area contributed by atoms with Crippen molar-refractivity contribution in [1.82, 2.24) is 5.32 Å². The largest absolute Gasteiger partial charge is 0.462 e. The van der Waals surface area contributed by atoms with Gasteiger partial charge in [-0.25, -0.2) is 4.79 Å². The molecule has 0 rings (SSSR count). The van der Waals surface area contributed by atoms with Gasteiger partial charge in [0.25, 0.3) is 0 Å². The normalized spacial score (nSPS) is 11.2. The van der Waals surface area contributed by atoms with E-state index < -0.39 is 5.97 Å². The molecule has 0 aromatic carbocycles. The van der Waals surface area contributed by atoms with Crippen LogP contribution in [0.4, 0.5) is 0 Å². The molecule has 0 amide bonds. The Morgan fingerprint density at radius 1 is 0.846 bits per heavy atom. The van der Waals surface area contributed by atoms with E-state index in [1.54, 1.807) is 6.92 Å². The molecule has 0 bridgehead atoms. The first-order valence-electron chi connectivity index (χ1n) is 10.8. The van der Waals surface area contributed by atoms with E-state index in [1.165, 1.54) is 89.7 Å². The highest BCUT2D eigenvalue weighted by Crippen LogP contribution is 2.12. The number of ether oxygens (including phenoxy) is 1. The number of unbranched alkanes of at least 4 members (excludes halogenated alkanes) is 13. The van der Waals surface area contributed by atoms with Crippen LogP contribution >= 0.6 is 0 Å². The molecular weight excluding hydrogens is 324 g/mol. The molecule has 0 fully saturated rings. The molecule has 0 saturated carbocycles. The highest BCUT2D eigenvalue weighted by molar-refractivity contribution is 5.92. The summed E-state index contributed by atoms with van der Waals surface area (Å²) >= 11 is 0. The molecule has 4 nitrogen and oxygen atoms in total. The Morgan fingerprint density at radius 2 is 1.31 bits per heavy atom. The molecule has 0 atom stereocenters. The quantitative estimate of drug-likeness (QED) is 0.140. The Bertz CT molecular complexity index is 399. The molecule has 150 valence electrons. The van der Waals surface area contributed by atoms with E-state index in [9.17, 15) is 4.79 Å². The summed E-state index contributed by atoms with van der Waals surface area (Å²) in [7, 11) is 0. The van der Waals surface area contributed by atoms with Crippen LogP contribution in [0.1, 0.15) is 104 Å². The predicted molar refractivity (Wildman–Crippen MR) is 109 cm³/mol. The maximum Gasteiger partial charge on any atom is 0.350 e. The van der Waals surface area contributed by atoms with Gasteiger partial charge < -0.3 is 10.1 Å². The molecule has 1 N–H and O–H groups in total. The van der Waals surface area contributed by atoms with Crippen molar-refractivity contribution in [3.63, 3.8) is 0 Å². The first-order valence-corrected chi connectivity index (χ1v) is 10.8. The zero-order chi connectivity index (χ0) is 19.3. The standard InChI is InChI=1S/C22H40N2O2/c1-3-5-6-7-8-9-10-11-12-13-14-15-16-17-18-24-20-21(19-23)22(25)26-4-2/h20,24H,3-18H2,1-2H3/b21-20-. The number of hydrogen-bond donors (Lipinski definition) is 1. The van der Waals surface area contributed by atoms with Crippen LogP contribution in [0.3, 0.4) is 0 Å². The molecule has 26 heavy (non-hydrogen) atoms. The Labute approximate surface area is 161 Å². The van der Waals surface area contributed by atoms with Crippen LogP contribution in [0, 0.1) is 11.3 Å². The second kappa shape index (κ2) is 19.8. The Morgan fingerprint density at radius 3 is 1.73 bits per heavy atom. The summed E-state index contributed by atoms with van der Waals surface area (Å²) < 4.78 is 4.80. The van der Waals surface area contributed by atoms with Gasteiger partial charge in [0.1, 0.15) is 6.07 Å². The Hall–Kier alpha value is -1.50. The van der Waals surface area contributed by atoms with E-state index in [0.717, 1.165) is 13.0 Å². The number of nitriles is 1. The number of rotatable bonds is 18. The summed E-state index contributed by atoms with van der Waals surface area (Å²) in [6.45, 7) is 5.08. The predicted octanol–water partition coefficient (Wildman–Crippen LogP) is 6.03. The fourth-order valence-electron chi connectivity index (χ4n) is 2.94. The molecule has 4 heteroatoms. The van der Waals surface area contributed by atoms with Crippen LogP contribution in [0.25, 0.3) is 0 Å². The third-order valence-corrected chi connectivity index (χ3v) is 4.54. The highest BCUT2D eigenvalue weighted by atomic mass is 16.5. The van der Waals surface area contributed by atoms with Crippen molar-refractivity contribution in [2.75, 3.05) is 13.2 Å². The zero-order valence-electron chi connectivity index (χ0n) is 17.2. The van der Waals surface area contributed by atoms with E-state index in [0.29, 0.717) is 0 Å². The molecular formula is C22H40N2O2. The lowest BCUT2D eigenvalue weighted by atomic mass is 10.0. The molecule has 0 heterocycles. The van der Waals surface area contributed by atoms with Crippen LogP contribution in [-0.4, -0.2) is 19.1 Å². The van der Waals surface area contributed by atoms with Crippen molar-refractivity contribution in [2.45, 2.75) is 104 Å². The minimum atomic E-state index is -0.552. The van der Waals surface area contributed by atoms with Gasteiger partial charge in [0.15, 0.2) is 5.57 Å². The molecule has 0 aliphatic carbocycles. The van der Waals surface area contributed by atoms with Crippen molar-refractivity contribution in [3.8, 4) is 6.07 Å². The third kappa shape index (κ3) is 16.0. The summed E-state index contributed by atoms with van der Waals surface area (Å²) in [5, 5.41) is 11.9. The third-order valence-electron chi connectivity index (χ3n) is 4.54. The van der Waals surface area contributed by atoms with Gasteiger partial charge in [0.2, 0.25) is 0 Å². The fourth-order valence-corrected chi connectivity index (χ4v) is 2.94. The monoisotopic (exact) mass is 364 g/mol. The van der Waals surface area contributed by atoms with Gasteiger partial charge in [0.05, 0.1) is 6.61 Å². The van der Waals surface area contributed by atoms with Gasteiger partial charge in [-0.15, -0.1) is 0 Å². The van der Waals surface area contributed by atoms with Crippen LogP contribution in [0.15, 0.2) is 11.8 Å². The van der Waals surface area contributed by atoms with Crippen molar-refractivity contribution in [1.29, 1.82) is 5.26 Å². The van der Waals surface area contributed by atoms with Gasteiger partial charge >= 0.3 is 5.97 Å². The lowest BCUT2D eigenvalue weighted by Crippen LogP contribution is -2.13. The first kappa shape index (κ1) is 24.5. The Kier molecular flexibility index (Phi) is 18.7. The number of nitrogens with one attached hydrogen (secondary N) is 1. The molecule has 0 spiro atoms. The summed E-state index contributed by atoms with van der Waals surface area (Å²) in [6, 6.07) is 1.86. The SMILES string of the molecule is CCCCCCCCCCCCCCCCN/C=C(/C#N)C(=O)OCC. The lowest BCUT2D eigenvalue weighted by molar-refractivity contribution is -0.138.